The van der Waals surface area contributed by atoms with Crippen molar-refractivity contribution < 1.29 is 23.9 Å². The van der Waals surface area contributed by atoms with Crippen LogP contribution in [0.3, 0.4) is 0 Å². The van der Waals surface area contributed by atoms with Gasteiger partial charge in [-0.05, 0) is 74.1 Å². The van der Waals surface area contributed by atoms with Crippen molar-refractivity contribution in [3.63, 3.8) is 0 Å². The van der Waals surface area contributed by atoms with Gasteiger partial charge in [-0.15, -0.1) is 0 Å². The van der Waals surface area contributed by atoms with E-state index in [9.17, 15) is 18.8 Å². The molecule has 2 atom stereocenters. The number of Topliss-reactive ketones (excluding diaryl/α,β-unsaturated/α-hetero) is 1. The number of ketones is 1. The number of benzene rings is 1. The summed E-state index contributed by atoms with van der Waals surface area (Å²) in [6.07, 6.45) is 9.94. The molecule has 34 heavy (non-hydrogen) atoms. The highest BCUT2D eigenvalue weighted by Gasteiger charge is 2.46. The van der Waals surface area contributed by atoms with E-state index < -0.39 is 17.8 Å². The van der Waals surface area contributed by atoms with Gasteiger partial charge in [0.1, 0.15) is 5.82 Å². The van der Waals surface area contributed by atoms with Gasteiger partial charge in [-0.1, -0.05) is 38.2 Å². The lowest BCUT2D eigenvalue weighted by Crippen LogP contribution is -2.48. The van der Waals surface area contributed by atoms with Crippen LogP contribution in [-0.2, 0) is 16.0 Å². The molecule has 0 unspecified atom stereocenters. The number of nitrogens with zero attached hydrogens (tertiary/aromatic N) is 1. The van der Waals surface area contributed by atoms with E-state index in [0.29, 0.717) is 24.9 Å². The molecular formula is C27H37FN2O4. The average Bonchev–Trinajstić information content (AvgIpc) is 3.30. The molecule has 0 spiro atoms. The Labute approximate surface area is 201 Å². The molecule has 0 radical (unpaired) electrons. The fourth-order valence-electron chi connectivity index (χ4n) is 6.53. The van der Waals surface area contributed by atoms with E-state index >= 15 is 0 Å². The minimum Gasteiger partial charge on any atom is -0.478 e. The van der Waals surface area contributed by atoms with E-state index in [1.807, 2.05) is 4.90 Å². The number of hydrogen-bond donors (Lipinski definition) is 2. The Bertz CT molecular complexity index is 906. The van der Waals surface area contributed by atoms with E-state index in [4.69, 9.17) is 10.8 Å². The summed E-state index contributed by atoms with van der Waals surface area (Å²) in [5.74, 6) is -0.967. The molecule has 6 nitrogen and oxygen atoms in total. The van der Waals surface area contributed by atoms with Gasteiger partial charge in [0, 0.05) is 18.9 Å². The van der Waals surface area contributed by atoms with Crippen molar-refractivity contribution in [2.45, 2.75) is 76.7 Å². The van der Waals surface area contributed by atoms with Crippen LogP contribution in [0.25, 0.3) is 0 Å². The second kappa shape index (κ2) is 11.0. The molecule has 1 saturated heterocycles. The number of amides is 1. The van der Waals surface area contributed by atoms with Crippen molar-refractivity contribution >= 4 is 17.7 Å². The maximum atomic E-state index is 14.6. The van der Waals surface area contributed by atoms with Crippen molar-refractivity contribution in [3.8, 4) is 0 Å². The molecule has 7 heteroatoms. The number of aromatic carboxylic acids is 1. The molecule has 2 saturated carbocycles. The summed E-state index contributed by atoms with van der Waals surface area (Å²) in [7, 11) is 0. The molecule has 186 valence electrons. The van der Waals surface area contributed by atoms with E-state index in [2.05, 4.69) is 0 Å². The van der Waals surface area contributed by atoms with Crippen LogP contribution in [0.15, 0.2) is 18.2 Å². The van der Waals surface area contributed by atoms with Crippen molar-refractivity contribution in [2.24, 2.45) is 29.4 Å². The van der Waals surface area contributed by atoms with Crippen molar-refractivity contribution in [2.75, 3.05) is 13.1 Å². The topological polar surface area (TPSA) is 101 Å². The lowest BCUT2D eigenvalue weighted by atomic mass is 9.75. The zero-order chi connectivity index (χ0) is 24.2. The number of halogens is 1. The number of nitrogens with two attached hydrogens (primary N) is 1. The van der Waals surface area contributed by atoms with Crippen molar-refractivity contribution in [3.05, 3.63) is 35.1 Å². The largest absolute Gasteiger partial charge is 0.478 e. The van der Waals surface area contributed by atoms with Crippen LogP contribution in [0.5, 0.6) is 0 Å². The predicted octanol–water partition coefficient (Wildman–Crippen LogP) is 4.20. The molecule has 1 amide bonds. The minimum atomic E-state index is -1.20. The van der Waals surface area contributed by atoms with Gasteiger partial charge >= 0.3 is 5.97 Å². The van der Waals surface area contributed by atoms with Gasteiger partial charge in [-0.3, -0.25) is 9.59 Å². The predicted molar refractivity (Wildman–Crippen MR) is 127 cm³/mol. The first-order valence-electron chi connectivity index (χ1n) is 12.9. The van der Waals surface area contributed by atoms with Crippen LogP contribution in [0.2, 0.25) is 0 Å². The average molecular weight is 473 g/mol. The van der Waals surface area contributed by atoms with E-state index in [-0.39, 0.29) is 41.1 Å². The molecule has 3 N–H and O–H groups in total. The quantitative estimate of drug-likeness (QED) is 0.620. The number of likely N-dealkylation sites (tertiary alicyclic amines) is 1. The van der Waals surface area contributed by atoms with Gasteiger partial charge < -0.3 is 15.7 Å². The van der Waals surface area contributed by atoms with E-state index in [1.165, 1.54) is 18.6 Å². The molecule has 2 aliphatic carbocycles. The summed E-state index contributed by atoms with van der Waals surface area (Å²) >= 11 is 0. The third-order valence-electron chi connectivity index (χ3n) is 8.51. The summed E-state index contributed by atoms with van der Waals surface area (Å²) in [5.41, 5.74) is 5.87. The van der Waals surface area contributed by atoms with Crippen LogP contribution in [0.1, 0.15) is 80.1 Å². The van der Waals surface area contributed by atoms with Crippen LogP contribution >= 0.6 is 0 Å². The zero-order valence-electron chi connectivity index (χ0n) is 19.9. The fraction of sp³-hybridized carbons (Fsp3) is 0.667. The summed E-state index contributed by atoms with van der Waals surface area (Å²) in [6.45, 7) is 1.25. The van der Waals surface area contributed by atoms with Crippen LogP contribution in [0, 0.1) is 29.5 Å². The molecule has 0 bridgehead atoms. The Kier molecular flexibility index (Phi) is 8.02. The Balaban J connectivity index is 1.54. The number of carbonyl (C=O) groups excluding carboxylic acids is 2. The van der Waals surface area contributed by atoms with E-state index in [1.54, 1.807) is 0 Å². The first-order valence-corrected chi connectivity index (χ1v) is 12.9. The fourth-order valence-corrected chi connectivity index (χ4v) is 6.53. The molecule has 3 fully saturated rings. The summed E-state index contributed by atoms with van der Waals surface area (Å²) in [5, 5.41) is 9.10. The second-order valence-electron chi connectivity index (χ2n) is 10.5. The smallest absolute Gasteiger partial charge is 0.335 e. The first kappa shape index (κ1) is 24.8. The Morgan fingerprint density at radius 3 is 2.32 bits per heavy atom. The van der Waals surface area contributed by atoms with Gasteiger partial charge in [-0.2, -0.15) is 0 Å². The molecule has 1 heterocycles. The normalized spacial score (nSPS) is 28.1. The molecule has 1 aliphatic heterocycles. The van der Waals surface area contributed by atoms with Gasteiger partial charge in [0.2, 0.25) is 5.91 Å². The van der Waals surface area contributed by atoms with Crippen molar-refractivity contribution in [1.82, 2.24) is 4.90 Å². The Hall–Kier alpha value is -2.28. The zero-order valence-corrected chi connectivity index (χ0v) is 19.9. The highest BCUT2D eigenvalue weighted by Crippen LogP contribution is 2.41. The molecule has 4 rings (SSSR count). The molecular weight excluding hydrogens is 435 g/mol. The molecule has 0 aromatic heterocycles. The Morgan fingerprint density at radius 2 is 1.71 bits per heavy atom. The van der Waals surface area contributed by atoms with Crippen molar-refractivity contribution in [1.29, 1.82) is 0 Å². The second-order valence-corrected chi connectivity index (χ2v) is 10.5. The molecule has 1 aromatic carbocycles. The van der Waals surface area contributed by atoms with Crippen LogP contribution in [-0.4, -0.2) is 46.8 Å². The third-order valence-corrected chi connectivity index (χ3v) is 8.51. The number of carboxylic acids is 1. The summed E-state index contributed by atoms with van der Waals surface area (Å²) in [4.78, 5) is 40.2. The number of rotatable bonds is 7. The van der Waals surface area contributed by atoms with Crippen LogP contribution in [0.4, 0.5) is 4.39 Å². The van der Waals surface area contributed by atoms with Gasteiger partial charge in [0.05, 0.1) is 11.6 Å². The Morgan fingerprint density at radius 1 is 1.00 bits per heavy atom. The van der Waals surface area contributed by atoms with Gasteiger partial charge in [0.15, 0.2) is 5.78 Å². The number of carboxylic acid groups (broad SMARTS) is 1. The van der Waals surface area contributed by atoms with E-state index in [0.717, 1.165) is 63.9 Å². The summed E-state index contributed by atoms with van der Waals surface area (Å²) in [6, 6.07) is 3.18. The lowest BCUT2D eigenvalue weighted by molar-refractivity contribution is -0.143. The van der Waals surface area contributed by atoms with Gasteiger partial charge in [0.25, 0.3) is 0 Å². The SMILES string of the molecule is NCC1CCC(C(=O)N2CC[C@@H](C3CCCCC3)[C@H]2C(=O)Cc2ccc(C(=O)O)cc2F)CC1. The molecule has 3 aliphatic rings. The highest BCUT2D eigenvalue weighted by molar-refractivity contribution is 5.92. The number of hydrogen-bond acceptors (Lipinski definition) is 4. The monoisotopic (exact) mass is 472 g/mol. The highest BCUT2D eigenvalue weighted by atomic mass is 19.1. The molecule has 1 aromatic rings. The van der Waals surface area contributed by atoms with Gasteiger partial charge in [-0.25, -0.2) is 9.18 Å². The summed E-state index contributed by atoms with van der Waals surface area (Å²) < 4.78 is 14.6. The lowest BCUT2D eigenvalue weighted by Gasteiger charge is -2.36. The number of carbonyl (C=O) groups is 3. The standard InChI is InChI=1S/C27H37FN2O4/c28-23-14-21(27(33)34)11-10-20(23)15-24(31)25-22(18-4-2-1-3-5-18)12-13-30(25)26(32)19-8-6-17(16-29)7-9-19/h10-11,14,17-19,22,25H,1-9,12-13,15-16,29H2,(H,33,34)/t17?,19?,22-,25-/m0/s1. The third kappa shape index (κ3) is 5.35. The first-order chi connectivity index (χ1) is 16.4. The maximum Gasteiger partial charge on any atom is 0.335 e. The maximum absolute atomic E-state index is 14.6. The minimum absolute atomic E-state index is 0.0604. The van der Waals surface area contributed by atoms with Crippen LogP contribution < -0.4 is 5.73 Å².